The number of primary sulfonamides is 1. The molecular weight excluding hydrogens is 330 g/mol. The molecule has 128 valence electrons. The maximum absolute atomic E-state index is 11.8. The van der Waals surface area contributed by atoms with Gasteiger partial charge in [-0.25, -0.2) is 18.4 Å². The van der Waals surface area contributed by atoms with Gasteiger partial charge in [0.1, 0.15) is 5.75 Å². The van der Waals surface area contributed by atoms with Gasteiger partial charge in [-0.3, -0.25) is 0 Å². The quantitative estimate of drug-likeness (QED) is 0.718. The number of carbonyl (C=O) groups excluding carboxylic acids is 1. The Labute approximate surface area is 140 Å². The van der Waals surface area contributed by atoms with E-state index in [2.05, 4.69) is 10.6 Å². The molecule has 8 heteroatoms. The van der Waals surface area contributed by atoms with Crippen LogP contribution in [-0.4, -0.2) is 21.2 Å². The minimum atomic E-state index is -3.75. The van der Waals surface area contributed by atoms with Gasteiger partial charge < -0.3 is 15.4 Å². The van der Waals surface area contributed by atoms with Gasteiger partial charge in [-0.2, -0.15) is 0 Å². The molecular formula is C16H19N3O4S. The highest BCUT2D eigenvalue weighted by molar-refractivity contribution is 7.89. The van der Waals surface area contributed by atoms with Gasteiger partial charge in [-0.15, -0.1) is 0 Å². The first-order valence-corrected chi connectivity index (χ1v) is 8.68. The molecule has 0 saturated carbocycles. The fourth-order valence-corrected chi connectivity index (χ4v) is 2.41. The first-order valence-electron chi connectivity index (χ1n) is 7.13. The van der Waals surface area contributed by atoms with E-state index in [1.165, 1.54) is 24.3 Å². The Hall–Kier alpha value is -2.58. The van der Waals surface area contributed by atoms with Crippen molar-refractivity contribution in [1.29, 1.82) is 0 Å². The molecule has 4 N–H and O–H groups in total. The average molecular weight is 349 g/mol. The Balaban J connectivity index is 1.84. The molecule has 0 aliphatic rings. The van der Waals surface area contributed by atoms with E-state index in [-0.39, 0.29) is 11.6 Å². The summed E-state index contributed by atoms with van der Waals surface area (Å²) in [5.74, 6) is 0.663. The molecule has 0 aliphatic carbocycles. The Bertz CT molecular complexity index is 833. The van der Waals surface area contributed by atoms with Gasteiger partial charge in [0.2, 0.25) is 10.0 Å². The number of amides is 2. The third kappa shape index (κ3) is 4.97. The number of hydrogen-bond acceptors (Lipinski definition) is 4. The number of ether oxygens (including phenoxy) is 1. The summed E-state index contributed by atoms with van der Waals surface area (Å²) in [7, 11) is -3.75. The second-order valence-corrected chi connectivity index (χ2v) is 6.80. The molecule has 2 aromatic rings. The molecule has 0 spiro atoms. The van der Waals surface area contributed by atoms with Crippen LogP contribution >= 0.6 is 0 Å². The first-order chi connectivity index (χ1) is 11.3. The lowest BCUT2D eigenvalue weighted by Gasteiger charge is -2.10. The van der Waals surface area contributed by atoms with Gasteiger partial charge in [-0.1, -0.05) is 6.07 Å². The van der Waals surface area contributed by atoms with Crippen molar-refractivity contribution in [1.82, 2.24) is 5.32 Å². The van der Waals surface area contributed by atoms with E-state index >= 15 is 0 Å². The molecule has 24 heavy (non-hydrogen) atoms. The molecule has 0 radical (unpaired) electrons. The minimum absolute atomic E-state index is 0.00357. The predicted octanol–water partition coefficient (Wildman–Crippen LogP) is 2.11. The van der Waals surface area contributed by atoms with E-state index in [0.717, 1.165) is 11.1 Å². The van der Waals surface area contributed by atoms with Crippen LogP contribution in [0.25, 0.3) is 0 Å². The molecule has 0 aliphatic heterocycles. The summed E-state index contributed by atoms with van der Waals surface area (Å²) in [6.45, 7) is 3.99. The van der Waals surface area contributed by atoms with Crippen LogP contribution in [0.3, 0.4) is 0 Å². The lowest BCUT2D eigenvalue weighted by molar-refractivity contribution is 0.234. The zero-order valence-electron chi connectivity index (χ0n) is 13.4. The third-order valence-electron chi connectivity index (χ3n) is 3.39. The molecule has 0 bridgehead atoms. The largest absolute Gasteiger partial charge is 0.473 e. The summed E-state index contributed by atoms with van der Waals surface area (Å²) in [5.41, 5.74) is 2.70. The van der Waals surface area contributed by atoms with Crippen molar-refractivity contribution in [3.63, 3.8) is 0 Å². The monoisotopic (exact) mass is 349 g/mol. The van der Waals surface area contributed by atoms with Gasteiger partial charge in [0.15, 0.2) is 6.73 Å². The summed E-state index contributed by atoms with van der Waals surface area (Å²) in [4.78, 5) is 11.7. The Morgan fingerprint density at radius 2 is 1.75 bits per heavy atom. The van der Waals surface area contributed by atoms with E-state index in [1.54, 1.807) is 0 Å². The van der Waals surface area contributed by atoms with Crippen LogP contribution in [-0.2, 0) is 10.0 Å². The van der Waals surface area contributed by atoms with Crippen LogP contribution in [0, 0.1) is 13.8 Å². The van der Waals surface area contributed by atoms with Gasteiger partial charge in [-0.05, 0) is 61.4 Å². The number of nitrogens with one attached hydrogen (secondary N) is 2. The standard InChI is InChI=1S/C16H19N3O4S/c1-11-3-6-14(9-12(11)2)23-10-18-16(20)19-13-4-7-15(8-5-13)24(17,21)22/h3-9H,10H2,1-2H3,(H2,17,21,22)(H2,18,19,20). The highest BCUT2D eigenvalue weighted by atomic mass is 32.2. The SMILES string of the molecule is Cc1ccc(OCNC(=O)Nc2ccc(S(N)(=O)=O)cc2)cc1C. The summed E-state index contributed by atoms with van der Waals surface area (Å²) in [5, 5.41) is 10.1. The summed E-state index contributed by atoms with van der Waals surface area (Å²) >= 11 is 0. The fourth-order valence-electron chi connectivity index (χ4n) is 1.89. The lowest BCUT2D eigenvalue weighted by Crippen LogP contribution is -2.32. The average Bonchev–Trinajstić information content (AvgIpc) is 2.50. The van der Waals surface area contributed by atoms with Crippen molar-refractivity contribution in [2.75, 3.05) is 12.0 Å². The Morgan fingerprint density at radius 1 is 1.08 bits per heavy atom. The van der Waals surface area contributed by atoms with Crippen LogP contribution in [0.1, 0.15) is 11.1 Å². The summed E-state index contributed by atoms with van der Waals surface area (Å²) in [6.07, 6.45) is 0. The smallest absolute Gasteiger partial charge is 0.321 e. The Kier molecular flexibility index (Phi) is 5.42. The van der Waals surface area contributed by atoms with Gasteiger partial charge in [0.25, 0.3) is 0 Å². The third-order valence-corrected chi connectivity index (χ3v) is 4.32. The summed E-state index contributed by atoms with van der Waals surface area (Å²) in [6, 6.07) is 10.7. The molecule has 0 saturated heterocycles. The number of aryl methyl sites for hydroxylation is 2. The molecule has 2 amide bonds. The van der Waals surface area contributed by atoms with Gasteiger partial charge in [0.05, 0.1) is 4.90 Å². The maximum Gasteiger partial charge on any atom is 0.321 e. The van der Waals surface area contributed by atoms with Crippen LogP contribution < -0.4 is 20.5 Å². The Morgan fingerprint density at radius 3 is 2.33 bits per heavy atom. The van der Waals surface area contributed by atoms with Crippen LogP contribution in [0.15, 0.2) is 47.4 Å². The second kappa shape index (κ2) is 7.33. The number of carbonyl (C=O) groups is 1. The summed E-state index contributed by atoms with van der Waals surface area (Å²) < 4.78 is 27.7. The van der Waals surface area contributed by atoms with Gasteiger partial charge >= 0.3 is 6.03 Å². The molecule has 2 aromatic carbocycles. The van der Waals surface area contributed by atoms with Crippen LogP contribution in [0.5, 0.6) is 5.75 Å². The van der Waals surface area contributed by atoms with Crippen molar-refractivity contribution in [3.05, 3.63) is 53.6 Å². The van der Waals surface area contributed by atoms with Gasteiger partial charge in [0, 0.05) is 5.69 Å². The molecule has 0 heterocycles. The normalized spacial score (nSPS) is 11.0. The molecule has 2 rings (SSSR count). The van der Waals surface area contributed by atoms with E-state index in [0.29, 0.717) is 11.4 Å². The molecule has 0 unspecified atom stereocenters. The maximum atomic E-state index is 11.8. The molecule has 0 atom stereocenters. The second-order valence-electron chi connectivity index (χ2n) is 5.24. The van der Waals surface area contributed by atoms with Crippen LogP contribution in [0.2, 0.25) is 0 Å². The lowest BCUT2D eigenvalue weighted by atomic mass is 10.1. The number of nitrogens with two attached hydrogens (primary N) is 1. The first kappa shape index (κ1) is 17.8. The van der Waals surface area contributed by atoms with E-state index < -0.39 is 16.1 Å². The minimum Gasteiger partial charge on any atom is -0.473 e. The molecule has 7 nitrogen and oxygen atoms in total. The fraction of sp³-hybridized carbons (Fsp3) is 0.188. The van der Waals surface area contributed by atoms with Crippen LogP contribution in [0.4, 0.5) is 10.5 Å². The van der Waals surface area contributed by atoms with E-state index in [9.17, 15) is 13.2 Å². The van der Waals surface area contributed by atoms with Crippen molar-refractivity contribution < 1.29 is 17.9 Å². The number of sulfonamides is 1. The highest BCUT2D eigenvalue weighted by Crippen LogP contribution is 2.16. The number of rotatable bonds is 5. The van der Waals surface area contributed by atoms with E-state index in [4.69, 9.17) is 9.88 Å². The van der Waals surface area contributed by atoms with Crippen molar-refractivity contribution >= 4 is 21.7 Å². The zero-order valence-corrected chi connectivity index (χ0v) is 14.2. The van der Waals surface area contributed by atoms with E-state index in [1.807, 2.05) is 32.0 Å². The highest BCUT2D eigenvalue weighted by Gasteiger charge is 2.08. The van der Waals surface area contributed by atoms with Crippen molar-refractivity contribution in [2.24, 2.45) is 5.14 Å². The number of anilines is 1. The molecule has 0 aromatic heterocycles. The zero-order chi connectivity index (χ0) is 17.7. The number of benzene rings is 2. The number of urea groups is 1. The van der Waals surface area contributed by atoms with Crippen molar-refractivity contribution in [3.8, 4) is 5.75 Å². The predicted molar refractivity (Wildman–Crippen MR) is 91.4 cm³/mol. The van der Waals surface area contributed by atoms with Crippen molar-refractivity contribution in [2.45, 2.75) is 18.7 Å². The topological polar surface area (TPSA) is 111 Å². The molecule has 0 fully saturated rings. The number of hydrogen-bond donors (Lipinski definition) is 3.